The van der Waals surface area contributed by atoms with Crippen LogP contribution in [0, 0.1) is 17.2 Å². The molecule has 11 heteroatoms. The molecule has 2 aromatic rings. The topological polar surface area (TPSA) is 129 Å². The minimum Gasteiger partial charge on any atom is -0.326 e. The fourth-order valence-electron chi connectivity index (χ4n) is 2.75. The van der Waals surface area contributed by atoms with Crippen molar-refractivity contribution in [2.75, 3.05) is 16.9 Å². The second-order valence-electron chi connectivity index (χ2n) is 6.27. The third kappa shape index (κ3) is 5.13. The van der Waals surface area contributed by atoms with Gasteiger partial charge >= 0.3 is 0 Å². The summed E-state index contributed by atoms with van der Waals surface area (Å²) in [6.45, 7) is 0.182. The van der Waals surface area contributed by atoms with Crippen LogP contribution in [0.1, 0.15) is 5.56 Å². The van der Waals surface area contributed by atoms with Crippen molar-refractivity contribution in [2.45, 2.75) is 11.3 Å². The smallest absolute Gasteiger partial charge is 0.240 e. The van der Waals surface area contributed by atoms with Crippen molar-refractivity contribution in [3.05, 3.63) is 53.1 Å². The van der Waals surface area contributed by atoms with E-state index in [0.717, 1.165) is 5.56 Å². The number of hydrazone groups is 1. The van der Waals surface area contributed by atoms with Crippen LogP contribution in [0.2, 0.25) is 5.02 Å². The fraction of sp³-hybridized carbons (Fsp3) is 0.167. The molecule has 2 aromatic carbocycles. The number of benzene rings is 2. The van der Waals surface area contributed by atoms with E-state index < -0.39 is 15.9 Å². The number of amides is 1. The molecule has 8 nitrogen and oxygen atoms in total. The van der Waals surface area contributed by atoms with Gasteiger partial charge in [0.05, 0.1) is 24.7 Å². The third-order valence-electron chi connectivity index (χ3n) is 4.12. The summed E-state index contributed by atoms with van der Waals surface area (Å²) in [4.78, 5) is 12.1. The summed E-state index contributed by atoms with van der Waals surface area (Å²) in [7, 11) is -4.11. The van der Waals surface area contributed by atoms with Crippen molar-refractivity contribution in [1.82, 2.24) is 0 Å². The minimum atomic E-state index is -4.11. The Hall–Kier alpha value is -2.45. The van der Waals surface area contributed by atoms with Crippen LogP contribution in [0.15, 0.2) is 52.5 Å². The summed E-state index contributed by atoms with van der Waals surface area (Å²) in [6, 6.07) is 13.2. The molecule has 1 amide bonds. The quantitative estimate of drug-likeness (QED) is 0.657. The first kappa shape index (κ1) is 21.3. The molecule has 150 valence electrons. The average Bonchev–Trinajstić information content (AvgIpc) is 3.03. The molecule has 0 radical (unpaired) electrons. The number of carbonyl (C=O) groups is 1. The lowest BCUT2D eigenvalue weighted by atomic mass is 10.1. The monoisotopic (exact) mass is 495 g/mol. The number of nitrogens with zero attached hydrogens (tertiary/aromatic N) is 3. The highest BCUT2D eigenvalue weighted by atomic mass is 79.9. The van der Waals surface area contributed by atoms with E-state index in [1.54, 1.807) is 30.3 Å². The second-order valence-corrected chi connectivity index (χ2v) is 9.04. The van der Waals surface area contributed by atoms with Gasteiger partial charge in [-0.2, -0.15) is 10.4 Å². The number of halogens is 2. The van der Waals surface area contributed by atoms with E-state index in [-0.39, 0.29) is 35.1 Å². The van der Waals surface area contributed by atoms with Crippen molar-refractivity contribution in [3.63, 3.8) is 0 Å². The van der Waals surface area contributed by atoms with E-state index in [4.69, 9.17) is 22.0 Å². The number of rotatable bonds is 5. The van der Waals surface area contributed by atoms with Crippen molar-refractivity contribution in [1.29, 1.82) is 5.26 Å². The number of carbonyl (C=O) groups excluding carboxylic acids is 1. The van der Waals surface area contributed by atoms with Crippen LogP contribution in [0.3, 0.4) is 0 Å². The van der Waals surface area contributed by atoms with Crippen molar-refractivity contribution < 1.29 is 13.2 Å². The zero-order valence-corrected chi connectivity index (χ0v) is 18.0. The lowest BCUT2D eigenvalue weighted by Gasteiger charge is -2.18. The summed E-state index contributed by atoms with van der Waals surface area (Å²) in [5, 5.41) is 23.3. The van der Waals surface area contributed by atoms with Crippen LogP contribution < -0.4 is 15.5 Å². The van der Waals surface area contributed by atoms with Gasteiger partial charge in [-0.25, -0.2) is 13.6 Å². The molecular formula is C18H15BrClN5O3S. The van der Waals surface area contributed by atoms with Crippen molar-refractivity contribution >= 4 is 59.5 Å². The molecule has 0 saturated carbocycles. The molecule has 1 atom stereocenters. The molecule has 0 aromatic heterocycles. The van der Waals surface area contributed by atoms with Gasteiger partial charge in [-0.3, -0.25) is 9.80 Å². The fourth-order valence-corrected chi connectivity index (χ4v) is 4.07. The normalized spacial score (nSPS) is 16.3. The maximum atomic E-state index is 12.3. The van der Waals surface area contributed by atoms with Crippen molar-refractivity contribution in [3.8, 4) is 6.07 Å². The maximum absolute atomic E-state index is 12.3. The number of nitrogens with two attached hydrogens (primary N) is 1. The van der Waals surface area contributed by atoms with Gasteiger partial charge in [0.2, 0.25) is 15.9 Å². The molecule has 0 saturated heterocycles. The average molecular weight is 497 g/mol. The van der Waals surface area contributed by atoms with Crippen LogP contribution >= 0.6 is 27.5 Å². The summed E-state index contributed by atoms with van der Waals surface area (Å²) >= 11 is 9.03. The van der Waals surface area contributed by atoms with E-state index in [9.17, 15) is 13.2 Å². The van der Waals surface area contributed by atoms with Gasteiger partial charge in [-0.05, 0) is 51.8 Å². The third-order valence-corrected chi connectivity index (χ3v) is 6.02. The lowest BCUT2D eigenvalue weighted by molar-refractivity contribution is -0.115. The standard InChI is InChI=1S/C18H15BrClN5O3S/c19-18-12(9-21)10-25(24-18)15-6-5-14(8-16(15)29(22,27)28)23-17(26)7-11-1-3-13(20)4-2-11/h1-6,8,12H,7,10H2,(H,23,26)(H2,22,27,28). The molecule has 29 heavy (non-hydrogen) atoms. The van der Waals surface area contributed by atoms with Gasteiger partial charge in [0.25, 0.3) is 0 Å². The SMILES string of the molecule is N#CC1CN(c2ccc(NC(=O)Cc3ccc(Cl)cc3)cc2S(N)(=O)=O)N=C1Br. The van der Waals surface area contributed by atoms with Gasteiger partial charge in [0.1, 0.15) is 15.4 Å². The largest absolute Gasteiger partial charge is 0.326 e. The Morgan fingerprint density at radius 1 is 1.34 bits per heavy atom. The molecule has 1 heterocycles. The van der Waals surface area contributed by atoms with Crippen LogP contribution in [0.5, 0.6) is 0 Å². The first-order valence-electron chi connectivity index (χ1n) is 8.29. The molecule has 3 N–H and O–H groups in total. The Morgan fingerprint density at radius 3 is 2.62 bits per heavy atom. The first-order chi connectivity index (χ1) is 13.7. The van der Waals surface area contributed by atoms with Gasteiger partial charge < -0.3 is 5.32 Å². The Morgan fingerprint density at radius 2 is 2.03 bits per heavy atom. The maximum Gasteiger partial charge on any atom is 0.240 e. The molecule has 0 bridgehead atoms. The summed E-state index contributed by atoms with van der Waals surface area (Å²) in [6.07, 6.45) is 0.0941. The molecule has 0 fully saturated rings. The molecular weight excluding hydrogens is 482 g/mol. The number of nitriles is 1. The zero-order chi connectivity index (χ0) is 21.2. The predicted molar refractivity (Wildman–Crippen MR) is 114 cm³/mol. The Balaban J connectivity index is 1.84. The van der Waals surface area contributed by atoms with Gasteiger partial charge in [-0.1, -0.05) is 23.7 Å². The molecule has 1 unspecified atom stereocenters. The Labute approximate surface area is 181 Å². The minimum absolute atomic E-state index is 0.0941. The van der Waals surface area contributed by atoms with Crippen LogP contribution in [0.4, 0.5) is 11.4 Å². The number of anilines is 2. The molecule has 1 aliphatic rings. The highest BCUT2D eigenvalue weighted by molar-refractivity contribution is 9.18. The van der Waals surface area contributed by atoms with Crippen molar-refractivity contribution in [2.24, 2.45) is 16.2 Å². The van der Waals surface area contributed by atoms with Gasteiger partial charge in [-0.15, -0.1) is 0 Å². The van der Waals surface area contributed by atoms with Crippen LogP contribution in [-0.4, -0.2) is 25.5 Å². The van der Waals surface area contributed by atoms with Crippen LogP contribution in [0.25, 0.3) is 0 Å². The van der Waals surface area contributed by atoms with Gasteiger partial charge in [0.15, 0.2) is 0 Å². The zero-order valence-electron chi connectivity index (χ0n) is 14.8. The number of nitrogens with one attached hydrogen (secondary N) is 1. The number of sulfonamides is 1. The highest BCUT2D eigenvalue weighted by Crippen LogP contribution is 2.32. The number of hydrogen-bond donors (Lipinski definition) is 2. The molecule has 0 aliphatic carbocycles. The lowest BCUT2D eigenvalue weighted by Crippen LogP contribution is -2.22. The van der Waals surface area contributed by atoms with E-state index in [1.807, 2.05) is 0 Å². The highest BCUT2D eigenvalue weighted by Gasteiger charge is 2.29. The number of hydrogen-bond acceptors (Lipinski definition) is 6. The second kappa shape index (κ2) is 8.51. The predicted octanol–water partition coefficient (Wildman–Crippen LogP) is 2.84. The van der Waals surface area contributed by atoms with Gasteiger partial charge in [0, 0.05) is 10.7 Å². The van der Waals surface area contributed by atoms with E-state index in [2.05, 4.69) is 32.4 Å². The first-order valence-corrected chi connectivity index (χ1v) is 11.0. The molecule has 0 spiro atoms. The number of primary sulfonamides is 1. The summed E-state index contributed by atoms with van der Waals surface area (Å²) in [5.41, 5.74) is 1.25. The summed E-state index contributed by atoms with van der Waals surface area (Å²) < 4.78 is 24.6. The van der Waals surface area contributed by atoms with E-state index >= 15 is 0 Å². The van der Waals surface area contributed by atoms with Crippen LogP contribution in [-0.2, 0) is 21.2 Å². The van der Waals surface area contributed by atoms with E-state index in [1.165, 1.54) is 17.1 Å². The summed E-state index contributed by atoms with van der Waals surface area (Å²) in [5.74, 6) is -0.839. The Kier molecular flexibility index (Phi) is 6.24. The molecule has 1 aliphatic heterocycles. The Bertz CT molecular complexity index is 1130. The molecule has 3 rings (SSSR count). The van der Waals surface area contributed by atoms with E-state index in [0.29, 0.717) is 9.64 Å².